The summed E-state index contributed by atoms with van der Waals surface area (Å²) in [6, 6.07) is 8.56. The van der Waals surface area contributed by atoms with E-state index in [0.29, 0.717) is 56.8 Å². The summed E-state index contributed by atoms with van der Waals surface area (Å²) in [5.41, 5.74) is 2.17. The summed E-state index contributed by atoms with van der Waals surface area (Å²) >= 11 is 0. The molecule has 2 heterocycles. The molecule has 0 atom stereocenters. The molecule has 34 heavy (non-hydrogen) atoms. The van der Waals surface area contributed by atoms with Crippen LogP contribution in [0.5, 0.6) is 0 Å². The maximum Gasteiger partial charge on any atom is 0.317 e. The minimum Gasteiger partial charge on any atom is -0.383 e. The number of nitrogens with zero attached hydrogens (tertiary/aromatic N) is 2. The lowest BCUT2D eigenvalue weighted by Gasteiger charge is -2.50. The van der Waals surface area contributed by atoms with Gasteiger partial charge in [0, 0.05) is 63.7 Å². The molecule has 1 saturated heterocycles. The number of ether oxygens (including phenoxy) is 1. The second-order valence-corrected chi connectivity index (χ2v) is 8.91. The average Bonchev–Trinajstić information content (AvgIpc) is 2.82. The van der Waals surface area contributed by atoms with Crippen molar-refractivity contribution in [3.63, 3.8) is 0 Å². The van der Waals surface area contributed by atoms with Gasteiger partial charge in [0.25, 0.3) is 0 Å². The average molecular weight is 473 g/mol. The van der Waals surface area contributed by atoms with Crippen molar-refractivity contribution >= 4 is 23.2 Å². The summed E-state index contributed by atoms with van der Waals surface area (Å²) in [7, 11) is 3.53. The lowest BCUT2D eigenvalue weighted by molar-refractivity contribution is 0.0890. The van der Waals surface area contributed by atoms with Crippen molar-refractivity contribution < 1.29 is 23.1 Å². The van der Waals surface area contributed by atoms with Crippen molar-refractivity contribution in [3.8, 4) is 0 Å². The normalized spacial score (nSPS) is 17.0. The molecule has 0 aliphatic carbocycles. The van der Waals surface area contributed by atoms with Gasteiger partial charge >= 0.3 is 6.03 Å². The van der Waals surface area contributed by atoms with Gasteiger partial charge in [-0.2, -0.15) is 0 Å². The number of carbonyl (C=O) groups is 2. The first kappa shape index (κ1) is 23.9. The molecule has 0 aromatic heterocycles. The molecule has 0 radical (unpaired) electrons. The molecule has 0 unspecified atom stereocenters. The van der Waals surface area contributed by atoms with Gasteiger partial charge in [-0.15, -0.1) is 0 Å². The van der Waals surface area contributed by atoms with Crippen LogP contribution in [-0.2, 0) is 11.3 Å². The maximum atomic E-state index is 13.7. The molecule has 2 aromatic carbocycles. The van der Waals surface area contributed by atoms with Crippen LogP contribution in [0, 0.1) is 11.6 Å². The number of anilines is 2. The number of methoxy groups -OCH3 is 1. The lowest BCUT2D eigenvalue weighted by Crippen LogP contribution is -2.59. The highest BCUT2D eigenvalue weighted by Gasteiger charge is 2.45. The Morgan fingerprint density at radius 2 is 1.82 bits per heavy atom. The first-order valence-electron chi connectivity index (χ1n) is 11.4. The maximum absolute atomic E-state index is 13.7. The Morgan fingerprint density at radius 1 is 1.12 bits per heavy atom. The van der Waals surface area contributed by atoms with E-state index in [-0.39, 0.29) is 29.7 Å². The van der Waals surface area contributed by atoms with Gasteiger partial charge in [-0.1, -0.05) is 6.07 Å². The molecular formula is C25H30F2N4O3. The number of hydrogen-bond donors (Lipinski definition) is 2. The number of halogens is 2. The third-order valence-corrected chi connectivity index (χ3v) is 6.93. The minimum atomic E-state index is -0.416. The fourth-order valence-electron chi connectivity index (χ4n) is 4.87. The van der Waals surface area contributed by atoms with Crippen LogP contribution in [0.1, 0.15) is 35.2 Å². The quantitative estimate of drug-likeness (QED) is 0.626. The van der Waals surface area contributed by atoms with E-state index in [0.717, 1.165) is 11.3 Å². The monoisotopic (exact) mass is 472 g/mol. The van der Waals surface area contributed by atoms with E-state index < -0.39 is 5.82 Å². The predicted octanol–water partition coefficient (Wildman–Crippen LogP) is 3.79. The summed E-state index contributed by atoms with van der Waals surface area (Å²) in [6.07, 6.45) is 1.58. The summed E-state index contributed by atoms with van der Waals surface area (Å²) in [5, 5.41) is 6.05. The topological polar surface area (TPSA) is 73.9 Å². The molecule has 2 N–H and O–H groups in total. The third kappa shape index (κ3) is 4.84. The van der Waals surface area contributed by atoms with Gasteiger partial charge in [-0.25, -0.2) is 13.6 Å². The van der Waals surface area contributed by atoms with Gasteiger partial charge in [0.15, 0.2) is 5.78 Å². The van der Waals surface area contributed by atoms with E-state index in [2.05, 4.69) is 15.5 Å². The van der Waals surface area contributed by atoms with E-state index >= 15 is 0 Å². The molecule has 1 spiro atoms. The number of nitrogens with one attached hydrogen (secondary N) is 2. The summed E-state index contributed by atoms with van der Waals surface area (Å²) < 4.78 is 32.3. The van der Waals surface area contributed by atoms with Crippen molar-refractivity contribution in [2.75, 3.05) is 50.6 Å². The number of benzene rings is 2. The molecular weight excluding hydrogens is 442 g/mol. The molecule has 9 heteroatoms. The van der Waals surface area contributed by atoms with E-state index in [9.17, 15) is 18.4 Å². The second kappa shape index (κ2) is 9.97. The predicted molar refractivity (Wildman–Crippen MR) is 126 cm³/mol. The Kier molecular flexibility index (Phi) is 7.02. The number of Topliss-reactive ketones (excluding diaryl/α,β-unsaturated/α-hetero) is 1. The standard InChI is InChI=1S/C25H30F2N4O3/c1-30-22-6-5-18(26)13-20(22)23(32)15-25(30)7-10-31(11-8-25)24(33)29-16-17-3-4-19(27)14-21(17)28-9-12-34-2/h3-6,13-14,28H,7-12,15-16H2,1-2H3,(H,29,33). The van der Waals surface area contributed by atoms with Crippen LogP contribution in [0.2, 0.25) is 0 Å². The van der Waals surface area contributed by atoms with Gasteiger partial charge in [-0.05, 0) is 48.7 Å². The Hall–Kier alpha value is -3.20. The van der Waals surface area contributed by atoms with Gasteiger partial charge in [-0.3, -0.25) is 4.79 Å². The van der Waals surface area contributed by atoms with Gasteiger partial charge in [0.1, 0.15) is 11.6 Å². The summed E-state index contributed by atoms with van der Waals surface area (Å²) in [5.74, 6) is -0.830. The molecule has 2 aliphatic rings. The third-order valence-electron chi connectivity index (χ3n) is 6.93. The Labute approximate surface area is 198 Å². The number of rotatable bonds is 6. The Morgan fingerprint density at radius 3 is 2.56 bits per heavy atom. The van der Waals surface area contributed by atoms with Crippen LogP contribution < -0.4 is 15.5 Å². The second-order valence-electron chi connectivity index (χ2n) is 8.91. The lowest BCUT2D eigenvalue weighted by atomic mass is 9.77. The number of likely N-dealkylation sites (tertiary alicyclic amines) is 1. The molecule has 7 nitrogen and oxygen atoms in total. The van der Waals surface area contributed by atoms with Crippen LogP contribution in [0.4, 0.5) is 25.0 Å². The molecule has 0 saturated carbocycles. The fourth-order valence-corrected chi connectivity index (χ4v) is 4.87. The zero-order valence-electron chi connectivity index (χ0n) is 19.5. The fraction of sp³-hybridized carbons (Fsp3) is 0.440. The number of fused-ring (bicyclic) bond motifs is 1. The minimum absolute atomic E-state index is 0.0599. The summed E-state index contributed by atoms with van der Waals surface area (Å²) in [6.45, 7) is 2.27. The molecule has 2 amide bonds. The zero-order chi connectivity index (χ0) is 24.3. The molecule has 2 aliphatic heterocycles. The van der Waals surface area contributed by atoms with E-state index in [1.54, 1.807) is 24.1 Å². The molecule has 2 aromatic rings. The number of hydrogen-bond acceptors (Lipinski definition) is 5. The highest BCUT2D eigenvalue weighted by Crippen LogP contribution is 2.42. The van der Waals surface area contributed by atoms with E-state index in [1.807, 2.05) is 7.05 Å². The van der Waals surface area contributed by atoms with Crippen LogP contribution in [0.15, 0.2) is 36.4 Å². The van der Waals surface area contributed by atoms with Crippen molar-refractivity contribution in [1.82, 2.24) is 10.2 Å². The molecule has 1 fully saturated rings. The number of urea groups is 1. The molecule has 4 rings (SSSR count). The smallest absolute Gasteiger partial charge is 0.317 e. The SMILES string of the molecule is COCCNc1cc(F)ccc1CNC(=O)N1CCC2(CC1)CC(=O)c1cc(F)ccc1N2C. The Bertz CT molecular complexity index is 1070. The van der Waals surface area contributed by atoms with Gasteiger partial charge in [0.05, 0.1) is 12.1 Å². The van der Waals surface area contributed by atoms with E-state index in [4.69, 9.17) is 4.74 Å². The largest absolute Gasteiger partial charge is 0.383 e. The molecule has 182 valence electrons. The van der Waals surface area contributed by atoms with Crippen LogP contribution in [0.25, 0.3) is 0 Å². The highest BCUT2D eigenvalue weighted by molar-refractivity contribution is 6.04. The number of carbonyl (C=O) groups excluding carboxylic acids is 2. The number of piperidine rings is 1. The van der Waals surface area contributed by atoms with E-state index in [1.165, 1.54) is 24.3 Å². The van der Waals surface area contributed by atoms with Crippen molar-refractivity contribution in [3.05, 3.63) is 59.2 Å². The first-order chi connectivity index (χ1) is 16.3. The Balaban J connectivity index is 1.37. The van der Waals surface area contributed by atoms with Crippen molar-refractivity contribution in [2.24, 2.45) is 0 Å². The van der Waals surface area contributed by atoms with Crippen molar-refractivity contribution in [1.29, 1.82) is 0 Å². The summed E-state index contributed by atoms with van der Waals surface area (Å²) in [4.78, 5) is 29.4. The highest BCUT2D eigenvalue weighted by atomic mass is 19.1. The van der Waals surface area contributed by atoms with Crippen LogP contribution in [0.3, 0.4) is 0 Å². The number of amides is 2. The van der Waals surface area contributed by atoms with Crippen molar-refractivity contribution in [2.45, 2.75) is 31.3 Å². The van der Waals surface area contributed by atoms with Gasteiger partial charge in [0.2, 0.25) is 0 Å². The zero-order valence-corrected chi connectivity index (χ0v) is 19.5. The number of ketones is 1. The first-order valence-corrected chi connectivity index (χ1v) is 11.4. The van der Waals surface area contributed by atoms with Crippen LogP contribution >= 0.6 is 0 Å². The van der Waals surface area contributed by atoms with Gasteiger partial charge < -0.3 is 25.2 Å². The van der Waals surface area contributed by atoms with Crippen LogP contribution in [-0.4, -0.2) is 62.7 Å². The molecule has 0 bridgehead atoms.